The molecule has 2 aromatic heterocycles. The molecule has 1 saturated carbocycles. The molecule has 1 fully saturated rings. The number of alkyl halides is 3. The highest BCUT2D eigenvalue weighted by molar-refractivity contribution is 6.03. The number of fused-ring (bicyclic) bond motifs is 1. The van der Waals surface area contributed by atoms with E-state index in [1.165, 1.54) is 10.9 Å². The van der Waals surface area contributed by atoms with Crippen molar-refractivity contribution in [3.8, 4) is 16.9 Å². The summed E-state index contributed by atoms with van der Waals surface area (Å²) in [4.78, 5) is 13.8. The summed E-state index contributed by atoms with van der Waals surface area (Å²) < 4.78 is 52.7. The lowest BCUT2D eigenvalue weighted by Crippen LogP contribution is -2.33. The van der Waals surface area contributed by atoms with Gasteiger partial charge in [-0.1, -0.05) is 0 Å². The number of benzene rings is 1. The first kappa shape index (κ1) is 26.3. The number of carbonyl (C=O) groups excluding carboxylic acids is 1. The molecule has 1 aliphatic heterocycles. The van der Waals surface area contributed by atoms with Crippen molar-refractivity contribution in [2.24, 2.45) is 24.6 Å². The highest BCUT2D eigenvalue weighted by atomic mass is 19.4. The number of imidazole rings is 1. The number of carbonyl (C=O) groups is 1. The van der Waals surface area contributed by atoms with Crippen LogP contribution in [0.2, 0.25) is 0 Å². The minimum absolute atomic E-state index is 0.107. The monoisotopic (exact) mass is 530 g/mol. The molecule has 2 aliphatic rings. The summed E-state index contributed by atoms with van der Waals surface area (Å²) in [6.45, 7) is 2.34. The van der Waals surface area contributed by atoms with E-state index in [4.69, 9.17) is 15.9 Å². The van der Waals surface area contributed by atoms with Gasteiger partial charge in [-0.2, -0.15) is 18.3 Å². The van der Waals surface area contributed by atoms with E-state index in [9.17, 15) is 18.0 Å². The fraction of sp³-hybridized carbons (Fsp3) is 0.519. The molecule has 11 heteroatoms. The number of hydrogen-bond donors (Lipinski definition) is 2. The van der Waals surface area contributed by atoms with Crippen LogP contribution in [0.3, 0.4) is 0 Å². The Labute approximate surface area is 218 Å². The van der Waals surface area contributed by atoms with Gasteiger partial charge < -0.3 is 19.6 Å². The Morgan fingerprint density at radius 2 is 1.84 bits per heavy atom. The number of hydrogen-bond acceptors (Lipinski definition) is 5. The highest BCUT2D eigenvalue weighted by Gasteiger charge is 2.40. The standard InChI is InChI=1S/C27H33F3N6O2/c1-3-36-14-22(25(33-36)27(28,29)30)20-11-17(13-35-9-8-34(2)26(35)32)12-21-23(37)18(15-38-24(20)21)10-16-4-6-19(31)7-5-16/h8-9,11-12,14,16,18-19,32H,3-7,10,13,15,31H2,1-2H3/t16?,18-,19?/m0/s1. The van der Waals surface area contributed by atoms with Gasteiger partial charge in [0.25, 0.3) is 0 Å². The van der Waals surface area contributed by atoms with Crippen LogP contribution in [0, 0.1) is 17.2 Å². The van der Waals surface area contributed by atoms with E-state index in [0.29, 0.717) is 23.5 Å². The molecule has 0 amide bonds. The van der Waals surface area contributed by atoms with E-state index < -0.39 is 11.9 Å². The molecule has 0 bridgehead atoms. The van der Waals surface area contributed by atoms with Gasteiger partial charge >= 0.3 is 6.18 Å². The van der Waals surface area contributed by atoms with Crippen LogP contribution < -0.4 is 16.1 Å². The number of rotatable bonds is 6. The molecule has 1 aliphatic carbocycles. The van der Waals surface area contributed by atoms with E-state index in [1.54, 1.807) is 47.6 Å². The number of halogens is 3. The van der Waals surface area contributed by atoms with Crippen LogP contribution in [0.1, 0.15) is 60.6 Å². The van der Waals surface area contributed by atoms with E-state index in [0.717, 1.165) is 25.7 Å². The molecule has 204 valence electrons. The maximum Gasteiger partial charge on any atom is 0.435 e. The van der Waals surface area contributed by atoms with E-state index in [2.05, 4.69) is 5.10 Å². The fourth-order valence-corrected chi connectivity index (χ4v) is 5.64. The van der Waals surface area contributed by atoms with Crippen LogP contribution in [-0.4, -0.2) is 37.3 Å². The first-order chi connectivity index (χ1) is 18.0. The second-order valence-corrected chi connectivity index (χ2v) is 10.5. The van der Waals surface area contributed by atoms with Crippen molar-refractivity contribution in [1.82, 2.24) is 18.9 Å². The maximum atomic E-state index is 14.0. The number of ketones is 1. The Morgan fingerprint density at radius 1 is 1.13 bits per heavy atom. The third-order valence-electron chi connectivity index (χ3n) is 7.80. The smallest absolute Gasteiger partial charge is 0.435 e. The number of nitrogens with one attached hydrogen (secondary N) is 1. The van der Waals surface area contributed by atoms with Crippen LogP contribution in [-0.2, 0) is 26.3 Å². The lowest BCUT2D eigenvalue weighted by molar-refractivity contribution is -0.141. The molecule has 1 aromatic carbocycles. The van der Waals surface area contributed by atoms with Crippen molar-refractivity contribution in [3.63, 3.8) is 0 Å². The normalized spacial score (nSPS) is 21.8. The van der Waals surface area contributed by atoms with Crippen molar-refractivity contribution in [2.75, 3.05) is 6.61 Å². The molecule has 5 rings (SSSR count). The number of ether oxygens (including phenoxy) is 1. The summed E-state index contributed by atoms with van der Waals surface area (Å²) in [5.41, 5.74) is 6.25. The molecular formula is C27H33F3N6O2. The number of nitrogens with zero attached hydrogens (tertiary/aromatic N) is 4. The average molecular weight is 531 g/mol. The van der Waals surface area contributed by atoms with E-state index >= 15 is 0 Å². The summed E-state index contributed by atoms with van der Waals surface area (Å²) in [6, 6.07) is 3.54. The minimum Gasteiger partial charge on any atom is -0.491 e. The Hall–Kier alpha value is -3.34. The topological polar surface area (TPSA) is 104 Å². The van der Waals surface area contributed by atoms with Gasteiger partial charge in [-0.15, -0.1) is 0 Å². The maximum absolute atomic E-state index is 14.0. The van der Waals surface area contributed by atoms with Gasteiger partial charge in [-0.05, 0) is 62.6 Å². The molecule has 0 radical (unpaired) electrons. The highest BCUT2D eigenvalue weighted by Crippen LogP contribution is 2.44. The average Bonchev–Trinajstić information content (AvgIpc) is 3.46. The van der Waals surface area contributed by atoms with Gasteiger partial charge in [0, 0.05) is 49.4 Å². The molecule has 3 heterocycles. The Bertz CT molecular complexity index is 1390. The summed E-state index contributed by atoms with van der Waals surface area (Å²) in [6.07, 6.45) is 4.61. The van der Waals surface area contributed by atoms with Crippen LogP contribution in [0.4, 0.5) is 13.2 Å². The Balaban J connectivity index is 1.58. The van der Waals surface area contributed by atoms with Crippen molar-refractivity contribution < 1.29 is 22.7 Å². The quantitative estimate of drug-likeness (QED) is 0.494. The zero-order valence-corrected chi connectivity index (χ0v) is 21.6. The first-order valence-electron chi connectivity index (χ1n) is 13.1. The second kappa shape index (κ2) is 10.1. The molecule has 38 heavy (non-hydrogen) atoms. The van der Waals surface area contributed by atoms with Gasteiger partial charge in [0.15, 0.2) is 11.5 Å². The first-order valence-corrected chi connectivity index (χ1v) is 13.1. The Kier molecular flexibility index (Phi) is 6.97. The van der Waals surface area contributed by atoms with Gasteiger partial charge in [-0.25, -0.2) is 0 Å². The molecule has 8 nitrogen and oxygen atoms in total. The van der Waals surface area contributed by atoms with E-state index in [1.807, 2.05) is 0 Å². The van der Waals surface area contributed by atoms with Gasteiger partial charge in [-0.3, -0.25) is 14.9 Å². The van der Waals surface area contributed by atoms with Crippen LogP contribution >= 0.6 is 0 Å². The molecule has 0 spiro atoms. The largest absolute Gasteiger partial charge is 0.491 e. The van der Waals surface area contributed by atoms with Gasteiger partial charge in [0.1, 0.15) is 5.75 Å². The van der Waals surface area contributed by atoms with Gasteiger partial charge in [0.2, 0.25) is 5.62 Å². The van der Waals surface area contributed by atoms with Crippen molar-refractivity contribution in [1.29, 1.82) is 5.41 Å². The zero-order valence-electron chi connectivity index (χ0n) is 21.6. The van der Waals surface area contributed by atoms with Crippen LogP contribution in [0.15, 0.2) is 30.7 Å². The zero-order chi connectivity index (χ0) is 27.2. The molecular weight excluding hydrogens is 497 g/mol. The summed E-state index contributed by atoms with van der Waals surface area (Å²) in [5, 5.41) is 12.0. The second-order valence-electron chi connectivity index (χ2n) is 10.5. The molecule has 1 atom stereocenters. The van der Waals surface area contributed by atoms with Crippen LogP contribution in [0.25, 0.3) is 11.1 Å². The third-order valence-corrected chi connectivity index (χ3v) is 7.80. The van der Waals surface area contributed by atoms with Crippen LogP contribution in [0.5, 0.6) is 5.75 Å². The summed E-state index contributed by atoms with van der Waals surface area (Å²) in [5.74, 6) is 0.0826. The molecule has 3 aromatic rings. The SMILES string of the molecule is CCn1cc(-c2cc(Cn3ccn(C)c3=N)cc3c2OC[C@H](CC2CCC(N)CC2)C3=O)c(C(F)(F)F)n1. The third kappa shape index (κ3) is 5.03. The molecule has 3 N–H and O–H groups in total. The number of Topliss-reactive ketones (excluding diaryl/α,β-unsaturated/α-hetero) is 1. The van der Waals surface area contributed by atoms with Crippen molar-refractivity contribution in [3.05, 3.63) is 53.2 Å². The summed E-state index contributed by atoms with van der Waals surface area (Å²) >= 11 is 0. The lowest BCUT2D eigenvalue weighted by atomic mass is 9.78. The number of aromatic nitrogens is 4. The Morgan fingerprint density at radius 3 is 2.47 bits per heavy atom. The number of nitrogens with two attached hydrogens (primary N) is 1. The lowest BCUT2D eigenvalue weighted by Gasteiger charge is -2.32. The van der Waals surface area contributed by atoms with Gasteiger partial charge in [0.05, 0.1) is 24.6 Å². The molecule has 0 saturated heterocycles. The predicted molar refractivity (Wildman–Crippen MR) is 135 cm³/mol. The molecule has 0 unspecified atom stereocenters. The number of aryl methyl sites for hydroxylation is 2. The fourth-order valence-electron chi connectivity index (χ4n) is 5.64. The summed E-state index contributed by atoms with van der Waals surface area (Å²) in [7, 11) is 1.74. The predicted octanol–water partition coefficient (Wildman–Crippen LogP) is 4.36. The minimum atomic E-state index is -4.68. The van der Waals surface area contributed by atoms with E-state index in [-0.39, 0.29) is 59.9 Å². The van der Waals surface area contributed by atoms with Crippen molar-refractivity contribution in [2.45, 2.75) is 64.3 Å². The van der Waals surface area contributed by atoms with Crippen molar-refractivity contribution >= 4 is 5.78 Å².